The summed E-state index contributed by atoms with van der Waals surface area (Å²) in [5.74, 6) is 1.35. The van der Waals surface area contributed by atoms with Gasteiger partial charge in [0.2, 0.25) is 5.91 Å². The third-order valence-corrected chi connectivity index (χ3v) is 4.40. The lowest BCUT2D eigenvalue weighted by Gasteiger charge is -2.34. The fourth-order valence-corrected chi connectivity index (χ4v) is 3.26. The first-order chi connectivity index (χ1) is 8.66. The molecule has 2 aliphatic rings. The second kappa shape index (κ2) is 6.55. The van der Waals surface area contributed by atoms with E-state index in [4.69, 9.17) is 0 Å². The summed E-state index contributed by atoms with van der Waals surface area (Å²) in [6, 6.07) is 0.530. The highest BCUT2D eigenvalue weighted by Crippen LogP contribution is 2.24. The van der Waals surface area contributed by atoms with Gasteiger partial charge in [0.25, 0.3) is 0 Å². The predicted molar refractivity (Wildman–Crippen MR) is 74.4 cm³/mol. The zero-order valence-corrected chi connectivity index (χ0v) is 12.0. The molecule has 2 fully saturated rings. The molecule has 1 saturated carbocycles. The van der Waals surface area contributed by atoms with E-state index in [0.29, 0.717) is 11.9 Å². The minimum absolute atomic E-state index is 0.138. The maximum atomic E-state index is 12.0. The largest absolute Gasteiger partial charge is 0.341 e. The summed E-state index contributed by atoms with van der Waals surface area (Å²) in [6.07, 6.45) is 8.00. The molecule has 1 atom stereocenters. The quantitative estimate of drug-likeness (QED) is 0.833. The molecule has 1 unspecified atom stereocenters. The molecule has 1 heterocycles. The molecule has 3 nitrogen and oxygen atoms in total. The fourth-order valence-electron chi connectivity index (χ4n) is 3.26. The molecule has 18 heavy (non-hydrogen) atoms. The van der Waals surface area contributed by atoms with E-state index in [1.54, 1.807) is 0 Å². The monoisotopic (exact) mass is 252 g/mol. The molecule has 0 aromatic heterocycles. The second-order valence-corrected chi connectivity index (χ2v) is 6.34. The topological polar surface area (TPSA) is 32.3 Å². The van der Waals surface area contributed by atoms with Gasteiger partial charge in [0.1, 0.15) is 0 Å². The summed E-state index contributed by atoms with van der Waals surface area (Å²) >= 11 is 0. The Labute approximate surface area is 111 Å². The molecule has 0 bridgehead atoms. The van der Waals surface area contributed by atoms with E-state index in [2.05, 4.69) is 10.2 Å². The average molecular weight is 252 g/mol. The van der Waals surface area contributed by atoms with Crippen LogP contribution in [0.15, 0.2) is 0 Å². The number of hydrogen-bond donors (Lipinski definition) is 1. The van der Waals surface area contributed by atoms with Crippen LogP contribution < -0.4 is 5.32 Å². The molecular formula is C15H28N2O. The van der Waals surface area contributed by atoms with E-state index in [1.807, 2.05) is 13.8 Å². The Morgan fingerprint density at radius 3 is 2.61 bits per heavy atom. The standard InChI is InChI=1S/C15H28N2O/c1-12(2)15(18)17-9-5-8-14(11-17)16-10-13-6-3-4-7-13/h12-14,16H,3-11H2,1-2H3. The van der Waals surface area contributed by atoms with E-state index >= 15 is 0 Å². The highest BCUT2D eigenvalue weighted by molar-refractivity contribution is 5.78. The number of nitrogens with zero attached hydrogens (tertiary/aromatic N) is 1. The van der Waals surface area contributed by atoms with Gasteiger partial charge in [-0.1, -0.05) is 26.7 Å². The molecular weight excluding hydrogens is 224 g/mol. The summed E-state index contributed by atoms with van der Waals surface area (Å²) in [5, 5.41) is 3.69. The van der Waals surface area contributed by atoms with Crippen molar-refractivity contribution in [1.82, 2.24) is 10.2 Å². The van der Waals surface area contributed by atoms with Crippen LogP contribution in [0, 0.1) is 11.8 Å². The average Bonchev–Trinajstić information content (AvgIpc) is 2.89. The first-order valence-electron chi connectivity index (χ1n) is 7.69. The molecule has 3 heteroatoms. The van der Waals surface area contributed by atoms with Crippen molar-refractivity contribution in [3.8, 4) is 0 Å². The van der Waals surface area contributed by atoms with Crippen molar-refractivity contribution in [3.05, 3.63) is 0 Å². The highest BCUT2D eigenvalue weighted by Gasteiger charge is 2.25. The fraction of sp³-hybridized carbons (Fsp3) is 0.933. The maximum absolute atomic E-state index is 12.0. The Hall–Kier alpha value is -0.570. The van der Waals surface area contributed by atoms with Crippen LogP contribution >= 0.6 is 0 Å². The number of hydrogen-bond acceptors (Lipinski definition) is 2. The number of carbonyl (C=O) groups is 1. The van der Waals surface area contributed by atoms with Crippen LogP contribution in [0.4, 0.5) is 0 Å². The molecule has 1 aliphatic heterocycles. The van der Waals surface area contributed by atoms with Gasteiger partial charge in [-0.25, -0.2) is 0 Å². The Morgan fingerprint density at radius 2 is 1.94 bits per heavy atom. The maximum Gasteiger partial charge on any atom is 0.225 e. The van der Waals surface area contributed by atoms with Gasteiger partial charge in [-0.05, 0) is 38.1 Å². The third-order valence-electron chi connectivity index (χ3n) is 4.40. The number of rotatable bonds is 4. The number of likely N-dealkylation sites (tertiary alicyclic amines) is 1. The number of amides is 1. The zero-order valence-electron chi connectivity index (χ0n) is 12.0. The molecule has 104 valence electrons. The summed E-state index contributed by atoms with van der Waals surface area (Å²) in [6.45, 7) is 7.03. The molecule has 1 aliphatic carbocycles. The summed E-state index contributed by atoms with van der Waals surface area (Å²) in [7, 11) is 0. The van der Waals surface area contributed by atoms with Crippen molar-refractivity contribution in [2.24, 2.45) is 11.8 Å². The van der Waals surface area contributed by atoms with Gasteiger partial charge in [-0.2, -0.15) is 0 Å². The first-order valence-corrected chi connectivity index (χ1v) is 7.69. The first kappa shape index (κ1) is 13.9. The van der Waals surface area contributed by atoms with E-state index in [0.717, 1.165) is 32.0 Å². The van der Waals surface area contributed by atoms with Crippen LogP contribution in [0.1, 0.15) is 52.4 Å². The molecule has 2 rings (SSSR count). The van der Waals surface area contributed by atoms with E-state index < -0.39 is 0 Å². The minimum Gasteiger partial charge on any atom is -0.341 e. The van der Waals surface area contributed by atoms with Gasteiger partial charge in [0.05, 0.1) is 0 Å². The molecule has 0 spiro atoms. The van der Waals surface area contributed by atoms with Crippen molar-refractivity contribution >= 4 is 5.91 Å². The Bertz CT molecular complexity index is 272. The van der Waals surface area contributed by atoms with Gasteiger partial charge in [0.15, 0.2) is 0 Å². The molecule has 0 aromatic carbocycles. The van der Waals surface area contributed by atoms with Gasteiger partial charge in [-0.3, -0.25) is 4.79 Å². The summed E-state index contributed by atoms with van der Waals surface area (Å²) < 4.78 is 0. The number of carbonyl (C=O) groups excluding carboxylic acids is 1. The van der Waals surface area contributed by atoms with Crippen LogP contribution in [0.3, 0.4) is 0 Å². The van der Waals surface area contributed by atoms with Gasteiger partial charge in [-0.15, -0.1) is 0 Å². The Kier molecular flexibility index (Phi) is 5.04. The van der Waals surface area contributed by atoms with Crippen molar-refractivity contribution in [3.63, 3.8) is 0 Å². The molecule has 0 aromatic rings. The van der Waals surface area contributed by atoms with Crippen molar-refractivity contribution in [2.75, 3.05) is 19.6 Å². The van der Waals surface area contributed by atoms with Crippen LogP contribution in [0.5, 0.6) is 0 Å². The lowest BCUT2D eigenvalue weighted by Crippen LogP contribution is -2.49. The summed E-state index contributed by atoms with van der Waals surface area (Å²) in [4.78, 5) is 14.1. The van der Waals surface area contributed by atoms with Gasteiger partial charge < -0.3 is 10.2 Å². The van der Waals surface area contributed by atoms with Gasteiger partial charge >= 0.3 is 0 Å². The predicted octanol–water partition coefficient (Wildman–Crippen LogP) is 2.41. The van der Waals surface area contributed by atoms with Crippen molar-refractivity contribution in [2.45, 2.75) is 58.4 Å². The Morgan fingerprint density at radius 1 is 1.22 bits per heavy atom. The van der Waals surface area contributed by atoms with Crippen LogP contribution in [-0.4, -0.2) is 36.5 Å². The van der Waals surface area contributed by atoms with E-state index in [9.17, 15) is 4.79 Å². The van der Waals surface area contributed by atoms with Crippen LogP contribution in [0.25, 0.3) is 0 Å². The molecule has 0 radical (unpaired) electrons. The lowest BCUT2D eigenvalue weighted by atomic mass is 10.0. The van der Waals surface area contributed by atoms with Crippen molar-refractivity contribution in [1.29, 1.82) is 0 Å². The SMILES string of the molecule is CC(C)C(=O)N1CCCC(NCC2CCCC2)C1. The second-order valence-electron chi connectivity index (χ2n) is 6.34. The Balaban J connectivity index is 1.74. The molecule has 1 saturated heterocycles. The highest BCUT2D eigenvalue weighted by atomic mass is 16.2. The minimum atomic E-state index is 0.138. The van der Waals surface area contributed by atoms with E-state index in [-0.39, 0.29) is 5.92 Å². The number of nitrogens with one attached hydrogen (secondary N) is 1. The van der Waals surface area contributed by atoms with E-state index in [1.165, 1.54) is 32.1 Å². The summed E-state index contributed by atoms with van der Waals surface area (Å²) in [5.41, 5.74) is 0. The molecule has 1 amide bonds. The van der Waals surface area contributed by atoms with Gasteiger partial charge in [0, 0.05) is 25.0 Å². The van der Waals surface area contributed by atoms with Crippen molar-refractivity contribution < 1.29 is 4.79 Å². The normalized spacial score (nSPS) is 25.9. The zero-order chi connectivity index (χ0) is 13.0. The lowest BCUT2D eigenvalue weighted by molar-refractivity contribution is -0.135. The third kappa shape index (κ3) is 3.71. The number of piperidine rings is 1. The van der Waals surface area contributed by atoms with Crippen LogP contribution in [-0.2, 0) is 4.79 Å². The smallest absolute Gasteiger partial charge is 0.225 e. The van der Waals surface area contributed by atoms with Crippen LogP contribution in [0.2, 0.25) is 0 Å². The molecule has 1 N–H and O–H groups in total.